The van der Waals surface area contributed by atoms with Crippen LogP contribution in [0.1, 0.15) is 42.8 Å². The number of carbonyl (C=O) groups is 1. The van der Waals surface area contributed by atoms with Gasteiger partial charge < -0.3 is 4.90 Å². The smallest absolute Gasteiger partial charge is 0.225 e. The second-order valence-corrected chi connectivity index (χ2v) is 7.26. The summed E-state index contributed by atoms with van der Waals surface area (Å²) < 4.78 is 0. The van der Waals surface area contributed by atoms with Gasteiger partial charge in [-0.3, -0.25) is 9.69 Å². The first kappa shape index (κ1) is 17.7. The highest BCUT2D eigenvalue weighted by molar-refractivity contribution is 7.09. The number of rotatable bonds is 3. The van der Waals surface area contributed by atoms with Gasteiger partial charge in [0.1, 0.15) is 5.01 Å². The van der Waals surface area contributed by atoms with Gasteiger partial charge in [-0.25, -0.2) is 4.98 Å². The molecule has 1 aliphatic heterocycles. The Hall–Kier alpha value is -0.650. The van der Waals surface area contributed by atoms with E-state index in [-0.39, 0.29) is 12.4 Å². The van der Waals surface area contributed by atoms with E-state index in [1.807, 2.05) is 6.92 Å². The molecule has 1 saturated heterocycles. The Balaban J connectivity index is 0.00000176. The van der Waals surface area contributed by atoms with E-state index in [9.17, 15) is 4.79 Å². The van der Waals surface area contributed by atoms with Gasteiger partial charge in [0.2, 0.25) is 5.91 Å². The second-order valence-electron chi connectivity index (χ2n) is 6.32. The molecule has 1 aromatic heterocycles. The molecule has 1 aliphatic carbocycles. The number of aromatic nitrogens is 1. The maximum Gasteiger partial charge on any atom is 0.225 e. The fourth-order valence-electron chi connectivity index (χ4n) is 3.40. The minimum absolute atomic E-state index is 0. The fraction of sp³-hybridized carbons (Fsp3) is 0.750. The lowest BCUT2D eigenvalue weighted by Gasteiger charge is -2.36. The largest absolute Gasteiger partial charge is 0.340 e. The molecule has 0 unspecified atom stereocenters. The van der Waals surface area contributed by atoms with Crippen LogP contribution in [0.15, 0.2) is 5.38 Å². The summed E-state index contributed by atoms with van der Waals surface area (Å²) in [7, 11) is 0. The van der Waals surface area contributed by atoms with Crippen LogP contribution in [-0.2, 0) is 11.3 Å². The molecule has 1 saturated carbocycles. The molecule has 2 fully saturated rings. The second kappa shape index (κ2) is 8.27. The van der Waals surface area contributed by atoms with Crippen LogP contribution in [0.2, 0.25) is 0 Å². The van der Waals surface area contributed by atoms with Crippen LogP contribution >= 0.6 is 23.7 Å². The van der Waals surface area contributed by atoms with E-state index in [1.54, 1.807) is 11.3 Å². The number of hydrogen-bond acceptors (Lipinski definition) is 4. The van der Waals surface area contributed by atoms with Crippen LogP contribution in [0.25, 0.3) is 0 Å². The number of halogens is 1. The van der Waals surface area contributed by atoms with Crippen molar-refractivity contribution in [1.82, 2.24) is 14.8 Å². The lowest BCUT2D eigenvalue weighted by atomic mass is 9.88. The third-order valence-corrected chi connectivity index (χ3v) is 5.62. The molecule has 3 rings (SSSR count). The lowest BCUT2D eigenvalue weighted by molar-refractivity contribution is -0.138. The van der Waals surface area contributed by atoms with E-state index in [0.717, 1.165) is 51.3 Å². The van der Waals surface area contributed by atoms with E-state index in [2.05, 4.69) is 20.2 Å². The molecule has 0 spiro atoms. The summed E-state index contributed by atoms with van der Waals surface area (Å²) in [6.07, 6.45) is 6.00. The number of aryl methyl sites for hydroxylation is 1. The fourth-order valence-corrected chi connectivity index (χ4v) is 4.21. The van der Waals surface area contributed by atoms with E-state index in [1.165, 1.54) is 24.3 Å². The topological polar surface area (TPSA) is 36.4 Å². The zero-order valence-corrected chi connectivity index (χ0v) is 14.9. The Kier molecular flexibility index (Phi) is 6.66. The molecular weight excluding hydrogens is 318 g/mol. The molecule has 2 aliphatic rings. The van der Waals surface area contributed by atoms with Crippen LogP contribution < -0.4 is 0 Å². The highest BCUT2D eigenvalue weighted by atomic mass is 35.5. The Morgan fingerprint density at radius 1 is 1.23 bits per heavy atom. The average molecular weight is 344 g/mol. The number of nitrogens with zero attached hydrogens (tertiary/aromatic N) is 3. The first-order chi connectivity index (χ1) is 10.2. The summed E-state index contributed by atoms with van der Waals surface area (Å²) in [5.74, 6) is 0.728. The van der Waals surface area contributed by atoms with Crippen LogP contribution in [0.3, 0.4) is 0 Å². The number of amides is 1. The van der Waals surface area contributed by atoms with Gasteiger partial charge in [0, 0.05) is 43.2 Å². The molecule has 124 valence electrons. The van der Waals surface area contributed by atoms with E-state index in [4.69, 9.17) is 0 Å². The van der Waals surface area contributed by atoms with Crippen molar-refractivity contribution in [3.05, 3.63) is 16.1 Å². The molecule has 0 bridgehead atoms. The number of carbonyl (C=O) groups excluding carboxylic acids is 1. The van der Waals surface area contributed by atoms with Crippen molar-refractivity contribution >= 4 is 29.7 Å². The highest BCUT2D eigenvalue weighted by Crippen LogP contribution is 2.26. The molecule has 1 amide bonds. The van der Waals surface area contributed by atoms with Gasteiger partial charge in [-0.15, -0.1) is 23.7 Å². The van der Waals surface area contributed by atoms with Crippen LogP contribution in [0.4, 0.5) is 0 Å². The number of piperazine rings is 1. The lowest BCUT2D eigenvalue weighted by Crippen LogP contribution is -2.50. The summed E-state index contributed by atoms with van der Waals surface area (Å²) in [6, 6.07) is 0. The zero-order valence-electron chi connectivity index (χ0n) is 13.3. The van der Waals surface area contributed by atoms with Crippen molar-refractivity contribution in [2.45, 2.75) is 45.6 Å². The van der Waals surface area contributed by atoms with Crippen LogP contribution in [0, 0.1) is 12.8 Å². The number of hydrogen-bond donors (Lipinski definition) is 0. The molecule has 1 aromatic rings. The first-order valence-corrected chi connectivity index (χ1v) is 9.02. The normalized spacial score (nSPS) is 20.7. The van der Waals surface area contributed by atoms with Crippen LogP contribution in [-0.4, -0.2) is 46.9 Å². The van der Waals surface area contributed by atoms with E-state index < -0.39 is 0 Å². The Labute approximate surface area is 143 Å². The quantitative estimate of drug-likeness (QED) is 0.846. The standard InChI is InChI=1S/C16H25N3OS.ClH/c1-13-12-21-15(17-13)11-18-7-9-19(10-8-18)16(20)14-5-3-2-4-6-14;/h12,14H,2-11H2,1H3;1H. The molecule has 2 heterocycles. The molecule has 0 aromatic carbocycles. The Morgan fingerprint density at radius 3 is 2.50 bits per heavy atom. The number of thiazole rings is 1. The van der Waals surface area contributed by atoms with Gasteiger partial charge in [-0.1, -0.05) is 19.3 Å². The van der Waals surface area contributed by atoms with Gasteiger partial charge in [0.15, 0.2) is 0 Å². The Morgan fingerprint density at radius 2 is 1.91 bits per heavy atom. The Bertz CT molecular complexity index is 479. The van der Waals surface area contributed by atoms with Crippen molar-refractivity contribution in [2.75, 3.05) is 26.2 Å². The van der Waals surface area contributed by atoms with Gasteiger partial charge in [0.25, 0.3) is 0 Å². The zero-order chi connectivity index (χ0) is 14.7. The third kappa shape index (κ3) is 4.43. The summed E-state index contributed by atoms with van der Waals surface area (Å²) in [6.45, 7) is 6.72. The maximum atomic E-state index is 12.5. The third-order valence-electron chi connectivity index (χ3n) is 4.66. The summed E-state index contributed by atoms with van der Waals surface area (Å²) in [5.41, 5.74) is 1.11. The van der Waals surface area contributed by atoms with Crippen molar-refractivity contribution < 1.29 is 4.79 Å². The molecule has 4 nitrogen and oxygen atoms in total. The van der Waals surface area contributed by atoms with Gasteiger partial charge in [-0.2, -0.15) is 0 Å². The SMILES string of the molecule is Cc1csc(CN2CCN(C(=O)C3CCCCC3)CC2)n1.Cl. The summed E-state index contributed by atoms with van der Waals surface area (Å²) in [4.78, 5) is 21.6. The van der Waals surface area contributed by atoms with Crippen molar-refractivity contribution in [3.8, 4) is 0 Å². The van der Waals surface area contributed by atoms with Gasteiger partial charge in [0.05, 0.1) is 6.54 Å². The maximum absolute atomic E-state index is 12.5. The molecule has 6 heteroatoms. The van der Waals surface area contributed by atoms with Gasteiger partial charge >= 0.3 is 0 Å². The highest BCUT2D eigenvalue weighted by Gasteiger charge is 2.28. The van der Waals surface area contributed by atoms with Crippen molar-refractivity contribution in [3.63, 3.8) is 0 Å². The van der Waals surface area contributed by atoms with E-state index >= 15 is 0 Å². The predicted octanol–water partition coefficient (Wildman–Crippen LogP) is 3.10. The monoisotopic (exact) mass is 343 g/mol. The molecule has 0 atom stereocenters. The van der Waals surface area contributed by atoms with Crippen molar-refractivity contribution in [2.24, 2.45) is 5.92 Å². The molecule has 22 heavy (non-hydrogen) atoms. The van der Waals surface area contributed by atoms with Crippen molar-refractivity contribution in [1.29, 1.82) is 0 Å². The predicted molar refractivity (Wildman–Crippen MR) is 92.5 cm³/mol. The molecule has 0 radical (unpaired) electrons. The summed E-state index contributed by atoms with van der Waals surface area (Å²) >= 11 is 1.74. The first-order valence-electron chi connectivity index (χ1n) is 8.14. The van der Waals surface area contributed by atoms with Gasteiger partial charge in [-0.05, 0) is 19.8 Å². The minimum Gasteiger partial charge on any atom is -0.340 e. The molecule has 0 N–H and O–H groups in total. The minimum atomic E-state index is 0. The van der Waals surface area contributed by atoms with E-state index in [0.29, 0.717) is 11.8 Å². The average Bonchev–Trinajstić information content (AvgIpc) is 2.93. The van der Waals surface area contributed by atoms with Crippen LogP contribution in [0.5, 0.6) is 0 Å². The summed E-state index contributed by atoms with van der Waals surface area (Å²) in [5, 5.41) is 3.30. The molecular formula is C16H26ClN3OS.